The summed E-state index contributed by atoms with van der Waals surface area (Å²) in [6, 6.07) is 9.66. The summed E-state index contributed by atoms with van der Waals surface area (Å²) in [5, 5.41) is 2.88. The summed E-state index contributed by atoms with van der Waals surface area (Å²) < 4.78 is 5.38. The maximum atomic E-state index is 12.1. The number of methoxy groups -OCH3 is 1. The van der Waals surface area contributed by atoms with Gasteiger partial charge in [0.15, 0.2) is 0 Å². The van der Waals surface area contributed by atoms with Gasteiger partial charge in [-0.2, -0.15) is 0 Å². The van der Waals surface area contributed by atoms with E-state index < -0.39 is 0 Å². The number of rotatable bonds is 5. The van der Waals surface area contributed by atoms with Crippen LogP contribution in [0.3, 0.4) is 0 Å². The van der Waals surface area contributed by atoms with E-state index >= 15 is 0 Å². The van der Waals surface area contributed by atoms with Crippen molar-refractivity contribution in [1.82, 2.24) is 10.3 Å². The fraction of sp³-hybridized carbons (Fsp3) is 0.294. The maximum absolute atomic E-state index is 12.1. The second kappa shape index (κ2) is 6.88. The van der Waals surface area contributed by atoms with Crippen LogP contribution >= 0.6 is 0 Å². The van der Waals surface area contributed by atoms with E-state index in [-0.39, 0.29) is 5.91 Å². The second-order valence-corrected chi connectivity index (χ2v) is 5.04. The van der Waals surface area contributed by atoms with Crippen molar-refractivity contribution in [1.29, 1.82) is 0 Å². The highest BCUT2D eigenvalue weighted by molar-refractivity contribution is 5.79. The van der Waals surface area contributed by atoms with Crippen LogP contribution in [-0.2, 0) is 17.8 Å². The predicted octanol–water partition coefficient (Wildman–Crippen LogP) is 2.57. The Morgan fingerprint density at radius 2 is 2.10 bits per heavy atom. The number of aromatic nitrogens is 1. The SMILES string of the molecule is COc1cc(C)cc(C)c1CC(=O)NCc1ccccn1. The molecule has 0 spiro atoms. The summed E-state index contributed by atoms with van der Waals surface area (Å²) >= 11 is 0. The van der Waals surface area contributed by atoms with Gasteiger partial charge < -0.3 is 10.1 Å². The van der Waals surface area contributed by atoms with E-state index in [2.05, 4.69) is 16.4 Å². The Balaban J connectivity index is 2.03. The number of amides is 1. The first-order valence-corrected chi connectivity index (χ1v) is 6.91. The number of pyridine rings is 1. The molecule has 0 saturated heterocycles. The minimum atomic E-state index is -0.0362. The molecule has 1 amide bonds. The van der Waals surface area contributed by atoms with Crippen LogP contribution in [0.25, 0.3) is 0 Å². The highest BCUT2D eigenvalue weighted by atomic mass is 16.5. The van der Waals surface area contributed by atoms with Crippen LogP contribution in [0.4, 0.5) is 0 Å². The van der Waals surface area contributed by atoms with E-state index in [0.717, 1.165) is 28.1 Å². The van der Waals surface area contributed by atoms with Gasteiger partial charge in [-0.3, -0.25) is 9.78 Å². The molecular weight excluding hydrogens is 264 g/mol. The van der Waals surface area contributed by atoms with Gasteiger partial charge in [-0.05, 0) is 43.2 Å². The van der Waals surface area contributed by atoms with Crippen molar-refractivity contribution < 1.29 is 9.53 Å². The molecule has 4 heteroatoms. The Bertz CT molecular complexity index is 624. The van der Waals surface area contributed by atoms with Gasteiger partial charge in [0.05, 0.1) is 25.8 Å². The van der Waals surface area contributed by atoms with E-state index in [4.69, 9.17) is 4.74 Å². The number of nitrogens with zero attached hydrogens (tertiary/aromatic N) is 1. The summed E-state index contributed by atoms with van der Waals surface area (Å²) in [4.78, 5) is 16.3. The average Bonchev–Trinajstić information content (AvgIpc) is 2.48. The van der Waals surface area contributed by atoms with Gasteiger partial charge in [-0.15, -0.1) is 0 Å². The molecule has 0 fully saturated rings. The Kier molecular flexibility index (Phi) is 4.93. The maximum Gasteiger partial charge on any atom is 0.224 e. The predicted molar refractivity (Wildman–Crippen MR) is 82.3 cm³/mol. The summed E-state index contributed by atoms with van der Waals surface area (Å²) in [6.45, 7) is 4.45. The molecule has 0 aliphatic heterocycles. The van der Waals surface area contributed by atoms with Crippen LogP contribution in [0.1, 0.15) is 22.4 Å². The highest BCUT2D eigenvalue weighted by Crippen LogP contribution is 2.24. The zero-order valence-electron chi connectivity index (χ0n) is 12.6. The van der Waals surface area contributed by atoms with Crippen molar-refractivity contribution in [3.63, 3.8) is 0 Å². The lowest BCUT2D eigenvalue weighted by Gasteiger charge is -2.13. The molecule has 1 N–H and O–H groups in total. The van der Waals surface area contributed by atoms with Gasteiger partial charge in [0.1, 0.15) is 5.75 Å². The third-order valence-corrected chi connectivity index (χ3v) is 3.33. The molecular formula is C17H20N2O2. The molecule has 0 aliphatic rings. The van der Waals surface area contributed by atoms with Gasteiger partial charge in [0.25, 0.3) is 0 Å². The van der Waals surface area contributed by atoms with Crippen LogP contribution in [0.5, 0.6) is 5.75 Å². The van der Waals surface area contributed by atoms with Crippen LogP contribution in [0.15, 0.2) is 36.5 Å². The van der Waals surface area contributed by atoms with Gasteiger partial charge in [-0.1, -0.05) is 12.1 Å². The molecule has 4 nitrogen and oxygen atoms in total. The molecule has 21 heavy (non-hydrogen) atoms. The molecule has 0 unspecified atom stereocenters. The lowest BCUT2D eigenvalue weighted by atomic mass is 10.0. The summed E-state index contributed by atoms with van der Waals surface area (Å²) in [7, 11) is 1.63. The van der Waals surface area contributed by atoms with Crippen LogP contribution in [0.2, 0.25) is 0 Å². The first kappa shape index (κ1) is 15.0. The Hall–Kier alpha value is -2.36. The number of carbonyl (C=O) groups is 1. The molecule has 0 radical (unpaired) electrons. The van der Waals surface area contributed by atoms with Crippen molar-refractivity contribution in [2.24, 2.45) is 0 Å². The molecule has 1 aromatic carbocycles. The number of carbonyl (C=O) groups excluding carboxylic acids is 1. The number of hydrogen-bond donors (Lipinski definition) is 1. The Labute approximate surface area is 125 Å². The molecule has 0 bridgehead atoms. The largest absolute Gasteiger partial charge is 0.496 e. The minimum Gasteiger partial charge on any atom is -0.496 e. The molecule has 0 atom stereocenters. The minimum absolute atomic E-state index is 0.0362. The van der Waals surface area contributed by atoms with Gasteiger partial charge in [-0.25, -0.2) is 0 Å². The number of aryl methyl sites for hydroxylation is 2. The van der Waals surface area contributed by atoms with Gasteiger partial charge in [0, 0.05) is 11.8 Å². The van der Waals surface area contributed by atoms with Crippen molar-refractivity contribution >= 4 is 5.91 Å². The Morgan fingerprint density at radius 3 is 2.76 bits per heavy atom. The van der Waals surface area contributed by atoms with E-state index in [0.29, 0.717) is 13.0 Å². The first-order chi connectivity index (χ1) is 10.1. The number of benzene rings is 1. The van der Waals surface area contributed by atoms with Crippen molar-refractivity contribution in [2.45, 2.75) is 26.8 Å². The van der Waals surface area contributed by atoms with Crippen LogP contribution in [-0.4, -0.2) is 18.0 Å². The second-order valence-electron chi connectivity index (χ2n) is 5.04. The standard InChI is InChI=1S/C17H20N2O2/c1-12-8-13(2)15(16(9-12)21-3)10-17(20)19-11-14-6-4-5-7-18-14/h4-9H,10-11H2,1-3H3,(H,19,20). The quantitative estimate of drug-likeness (QED) is 0.918. The van der Waals surface area contributed by atoms with Crippen LogP contribution < -0.4 is 10.1 Å². The zero-order chi connectivity index (χ0) is 15.2. The number of hydrogen-bond acceptors (Lipinski definition) is 3. The number of ether oxygens (including phenoxy) is 1. The topological polar surface area (TPSA) is 51.2 Å². The van der Waals surface area contributed by atoms with Crippen molar-refractivity contribution in [2.75, 3.05) is 7.11 Å². The van der Waals surface area contributed by atoms with Gasteiger partial charge in [0.2, 0.25) is 5.91 Å². The summed E-state index contributed by atoms with van der Waals surface area (Å²) in [5.74, 6) is 0.728. The lowest BCUT2D eigenvalue weighted by Crippen LogP contribution is -2.25. The normalized spacial score (nSPS) is 10.2. The van der Waals surface area contributed by atoms with E-state index in [9.17, 15) is 4.79 Å². The van der Waals surface area contributed by atoms with Gasteiger partial charge >= 0.3 is 0 Å². The van der Waals surface area contributed by atoms with E-state index in [1.165, 1.54) is 0 Å². The smallest absolute Gasteiger partial charge is 0.224 e. The van der Waals surface area contributed by atoms with E-state index in [1.807, 2.05) is 38.1 Å². The third-order valence-electron chi connectivity index (χ3n) is 3.33. The average molecular weight is 284 g/mol. The summed E-state index contributed by atoms with van der Waals surface area (Å²) in [5.41, 5.74) is 3.97. The summed E-state index contributed by atoms with van der Waals surface area (Å²) in [6.07, 6.45) is 2.02. The first-order valence-electron chi connectivity index (χ1n) is 6.91. The van der Waals surface area contributed by atoms with Crippen LogP contribution in [0, 0.1) is 13.8 Å². The van der Waals surface area contributed by atoms with Crippen molar-refractivity contribution in [3.05, 3.63) is 58.9 Å². The highest BCUT2D eigenvalue weighted by Gasteiger charge is 2.12. The van der Waals surface area contributed by atoms with Crippen molar-refractivity contribution in [3.8, 4) is 5.75 Å². The number of nitrogens with one attached hydrogen (secondary N) is 1. The van der Waals surface area contributed by atoms with E-state index in [1.54, 1.807) is 13.3 Å². The Morgan fingerprint density at radius 1 is 1.29 bits per heavy atom. The molecule has 1 heterocycles. The monoisotopic (exact) mass is 284 g/mol. The fourth-order valence-electron chi connectivity index (χ4n) is 2.28. The molecule has 2 rings (SSSR count). The fourth-order valence-corrected chi connectivity index (χ4v) is 2.28. The third kappa shape index (κ3) is 4.05. The zero-order valence-corrected chi connectivity index (χ0v) is 12.6. The molecule has 1 aromatic heterocycles. The molecule has 2 aromatic rings. The molecule has 110 valence electrons. The lowest BCUT2D eigenvalue weighted by molar-refractivity contribution is -0.120. The molecule has 0 aliphatic carbocycles. The molecule has 0 saturated carbocycles.